The van der Waals surface area contributed by atoms with E-state index in [0.29, 0.717) is 5.41 Å². The third-order valence-corrected chi connectivity index (χ3v) is 6.32. The van der Waals surface area contributed by atoms with Crippen molar-refractivity contribution in [2.75, 3.05) is 11.4 Å². The molecule has 3 nitrogen and oxygen atoms in total. The molecule has 0 atom stereocenters. The molecule has 2 aliphatic rings. The van der Waals surface area contributed by atoms with Gasteiger partial charge in [0.05, 0.1) is 5.52 Å². The van der Waals surface area contributed by atoms with Gasteiger partial charge in [0.15, 0.2) is 0 Å². The van der Waals surface area contributed by atoms with Crippen molar-refractivity contribution in [1.29, 1.82) is 0 Å². The molecule has 25 heavy (non-hydrogen) atoms. The first kappa shape index (κ1) is 15.0. The number of rotatable bonds is 3. The van der Waals surface area contributed by atoms with Crippen LogP contribution in [-0.2, 0) is 18.4 Å². The van der Waals surface area contributed by atoms with E-state index < -0.39 is 0 Å². The predicted octanol–water partition coefficient (Wildman–Crippen LogP) is 4.81. The number of H-pyrrole nitrogens is 1. The van der Waals surface area contributed by atoms with Gasteiger partial charge >= 0.3 is 0 Å². The highest BCUT2D eigenvalue weighted by Gasteiger charge is 2.39. The molecular formula is C22H25N3. The lowest BCUT2D eigenvalue weighted by atomic mass is 9.78. The average Bonchev–Trinajstić information content (AvgIpc) is 3.39. The molecule has 128 valence electrons. The predicted molar refractivity (Wildman–Crippen MR) is 103 cm³/mol. The Kier molecular flexibility index (Phi) is 3.21. The Morgan fingerprint density at radius 3 is 2.84 bits per heavy atom. The molecule has 5 rings (SSSR count). The minimum absolute atomic E-state index is 0.324. The molecule has 0 spiro atoms. The topological polar surface area (TPSA) is 31.9 Å². The summed E-state index contributed by atoms with van der Waals surface area (Å²) in [5.41, 5.74) is 6.00. The number of nitrogens with one attached hydrogen (secondary N) is 1. The van der Waals surface area contributed by atoms with Crippen molar-refractivity contribution in [2.45, 2.75) is 45.1 Å². The molecule has 0 saturated heterocycles. The Hall–Kier alpha value is -2.29. The number of hydrogen-bond acceptors (Lipinski definition) is 2. The molecule has 1 fully saturated rings. The van der Waals surface area contributed by atoms with Gasteiger partial charge in [-0.2, -0.15) is 0 Å². The molecule has 0 amide bonds. The summed E-state index contributed by atoms with van der Waals surface area (Å²) < 4.78 is 0. The number of nitrogens with zero attached hydrogens (tertiary/aromatic N) is 2. The van der Waals surface area contributed by atoms with Crippen molar-refractivity contribution in [3.8, 4) is 0 Å². The highest BCUT2D eigenvalue weighted by atomic mass is 15.2. The van der Waals surface area contributed by atoms with Crippen LogP contribution < -0.4 is 4.90 Å². The lowest BCUT2D eigenvalue weighted by molar-refractivity contribution is 0.453. The Bertz CT molecular complexity index is 933. The van der Waals surface area contributed by atoms with Gasteiger partial charge in [0.2, 0.25) is 0 Å². The van der Waals surface area contributed by atoms with Crippen molar-refractivity contribution >= 4 is 16.7 Å². The van der Waals surface area contributed by atoms with Crippen LogP contribution in [0.4, 0.5) is 5.82 Å². The molecule has 1 N–H and O–H groups in total. The van der Waals surface area contributed by atoms with Crippen molar-refractivity contribution in [1.82, 2.24) is 9.97 Å². The summed E-state index contributed by atoms with van der Waals surface area (Å²) in [5.74, 6) is 1.98. The molecule has 0 unspecified atom stereocenters. The molecule has 1 aromatic carbocycles. The molecule has 3 heterocycles. The van der Waals surface area contributed by atoms with Crippen LogP contribution in [0.3, 0.4) is 0 Å². The van der Waals surface area contributed by atoms with E-state index >= 15 is 0 Å². The molecule has 3 aromatic rings. The van der Waals surface area contributed by atoms with Gasteiger partial charge in [0, 0.05) is 30.9 Å². The van der Waals surface area contributed by atoms with Crippen molar-refractivity contribution in [3.05, 3.63) is 59.4 Å². The fourth-order valence-electron chi connectivity index (χ4n) is 4.39. The normalized spacial score (nSPS) is 17.8. The molecule has 1 aliphatic heterocycles. The molecule has 3 heteroatoms. The van der Waals surface area contributed by atoms with Crippen LogP contribution in [-0.4, -0.2) is 16.5 Å². The van der Waals surface area contributed by atoms with E-state index in [2.05, 4.69) is 53.0 Å². The quantitative estimate of drug-likeness (QED) is 0.746. The molecule has 1 saturated carbocycles. The Balaban J connectivity index is 1.46. The summed E-state index contributed by atoms with van der Waals surface area (Å²) in [4.78, 5) is 10.4. The van der Waals surface area contributed by atoms with E-state index in [0.717, 1.165) is 36.8 Å². The van der Waals surface area contributed by atoms with Gasteiger partial charge in [-0.15, -0.1) is 0 Å². The fraction of sp³-hybridized carbons (Fsp3) is 0.409. The smallest absolute Gasteiger partial charge is 0.138 e. The standard InChI is InChI=1S/C22H25N3/c1-22(2,17-5-6-17)18-4-3-16-14-25(12-9-15(16)13-18)21-19-7-10-23-20(19)8-11-24-21/h3-4,7-8,10-11,13,17,23H,5-6,9,12,14H2,1-2H3. The van der Waals surface area contributed by atoms with Crippen LogP contribution in [0.2, 0.25) is 0 Å². The number of fused-ring (bicyclic) bond motifs is 2. The van der Waals surface area contributed by atoms with Gasteiger partial charge in [-0.25, -0.2) is 4.98 Å². The summed E-state index contributed by atoms with van der Waals surface area (Å²) in [7, 11) is 0. The Labute approximate surface area is 149 Å². The first-order chi connectivity index (χ1) is 12.1. The number of benzene rings is 1. The number of hydrogen-bond donors (Lipinski definition) is 1. The van der Waals surface area contributed by atoms with E-state index in [4.69, 9.17) is 0 Å². The van der Waals surface area contributed by atoms with Crippen LogP contribution in [0.5, 0.6) is 0 Å². The second-order valence-electron chi connectivity index (χ2n) is 8.22. The zero-order valence-corrected chi connectivity index (χ0v) is 15.0. The van der Waals surface area contributed by atoms with E-state index in [9.17, 15) is 0 Å². The van der Waals surface area contributed by atoms with Gasteiger partial charge in [-0.3, -0.25) is 0 Å². The number of aromatic amines is 1. The molecule has 0 radical (unpaired) electrons. The minimum atomic E-state index is 0.324. The van der Waals surface area contributed by atoms with E-state index in [1.807, 2.05) is 18.5 Å². The largest absolute Gasteiger partial charge is 0.361 e. The fourth-order valence-corrected chi connectivity index (χ4v) is 4.39. The van der Waals surface area contributed by atoms with Gasteiger partial charge in [0.25, 0.3) is 0 Å². The monoisotopic (exact) mass is 331 g/mol. The highest BCUT2D eigenvalue weighted by Crippen LogP contribution is 2.47. The van der Waals surface area contributed by atoms with E-state index in [1.165, 1.54) is 34.9 Å². The van der Waals surface area contributed by atoms with Crippen molar-refractivity contribution in [3.63, 3.8) is 0 Å². The number of pyridine rings is 1. The lowest BCUT2D eigenvalue weighted by Crippen LogP contribution is -2.31. The first-order valence-electron chi connectivity index (χ1n) is 9.42. The summed E-state index contributed by atoms with van der Waals surface area (Å²) in [6.45, 7) is 6.82. The summed E-state index contributed by atoms with van der Waals surface area (Å²) in [6.07, 6.45) is 7.80. The molecular weight excluding hydrogens is 306 g/mol. The van der Waals surface area contributed by atoms with Gasteiger partial charge in [0.1, 0.15) is 5.82 Å². The summed E-state index contributed by atoms with van der Waals surface area (Å²) in [6, 6.07) is 11.4. The molecule has 2 aromatic heterocycles. The van der Waals surface area contributed by atoms with Gasteiger partial charge in [-0.1, -0.05) is 32.0 Å². The van der Waals surface area contributed by atoms with Crippen molar-refractivity contribution < 1.29 is 0 Å². The zero-order chi connectivity index (χ0) is 17.0. The van der Waals surface area contributed by atoms with Gasteiger partial charge < -0.3 is 9.88 Å². The van der Waals surface area contributed by atoms with Crippen LogP contribution >= 0.6 is 0 Å². The Morgan fingerprint density at radius 2 is 2.00 bits per heavy atom. The second-order valence-corrected chi connectivity index (χ2v) is 8.22. The number of anilines is 1. The molecule has 0 bridgehead atoms. The minimum Gasteiger partial charge on any atom is -0.361 e. The van der Waals surface area contributed by atoms with Crippen LogP contribution in [0.25, 0.3) is 10.9 Å². The van der Waals surface area contributed by atoms with Gasteiger partial charge in [-0.05, 0) is 59.4 Å². The molecule has 1 aliphatic carbocycles. The average molecular weight is 331 g/mol. The number of aromatic nitrogens is 2. The van der Waals surface area contributed by atoms with Crippen molar-refractivity contribution in [2.24, 2.45) is 5.92 Å². The van der Waals surface area contributed by atoms with Crippen LogP contribution in [0.1, 0.15) is 43.4 Å². The summed E-state index contributed by atoms with van der Waals surface area (Å²) in [5, 5.41) is 1.22. The van der Waals surface area contributed by atoms with E-state index in [-0.39, 0.29) is 0 Å². The zero-order valence-electron chi connectivity index (χ0n) is 15.0. The maximum Gasteiger partial charge on any atom is 0.138 e. The van der Waals surface area contributed by atoms with Crippen LogP contribution in [0.15, 0.2) is 42.7 Å². The maximum atomic E-state index is 4.67. The Morgan fingerprint density at radius 1 is 1.12 bits per heavy atom. The summed E-state index contributed by atoms with van der Waals surface area (Å²) >= 11 is 0. The third kappa shape index (κ3) is 2.45. The maximum absolute atomic E-state index is 4.67. The van der Waals surface area contributed by atoms with Crippen LogP contribution in [0, 0.1) is 5.92 Å². The highest BCUT2D eigenvalue weighted by molar-refractivity contribution is 5.90. The van der Waals surface area contributed by atoms with E-state index in [1.54, 1.807) is 0 Å². The SMILES string of the molecule is CC(C)(c1ccc2c(c1)CCN(c1nccc3[nH]ccc13)C2)C1CC1. The lowest BCUT2D eigenvalue weighted by Gasteiger charge is -2.32. The first-order valence-corrected chi connectivity index (χ1v) is 9.42. The second kappa shape index (κ2) is 5.35. The third-order valence-electron chi connectivity index (χ3n) is 6.32.